The topological polar surface area (TPSA) is 92.7 Å². The summed E-state index contributed by atoms with van der Waals surface area (Å²) in [5.41, 5.74) is 1.46. The van der Waals surface area contributed by atoms with E-state index in [1.807, 2.05) is 25.1 Å². The van der Waals surface area contributed by atoms with Gasteiger partial charge in [-0.2, -0.15) is 0 Å². The Balaban J connectivity index is 2.11. The molecule has 0 saturated heterocycles. The maximum Gasteiger partial charge on any atom is 0.335 e. The van der Waals surface area contributed by atoms with Crippen LogP contribution in [0.3, 0.4) is 0 Å². The molecule has 152 valence electrons. The van der Waals surface area contributed by atoms with Gasteiger partial charge in [0.15, 0.2) is 0 Å². The van der Waals surface area contributed by atoms with Crippen LogP contribution in [0, 0.1) is 12.7 Å². The minimum absolute atomic E-state index is 0.0351. The van der Waals surface area contributed by atoms with Crippen LogP contribution in [-0.2, 0) is 15.4 Å². The number of carboxylic acids is 1. The monoisotopic (exact) mass is 409 g/mol. The maximum absolute atomic E-state index is 13.9. The zero-order valence-electron chi connectivity index (χ0n) is 16.2. The number of carboxylic acid groups (broad SMARTS) is 1. The van der Waals surface area contributed by atoms with E-state index in [1.54, 1.807) is 0 Å². The summed E-state index contributed by atoms with van der Waals surface area (Å²) in [7, 11) is -4.22. The molecule has 2 aromatic carbocycles. The van der Waals surface area contributed by atoms with Gasteiger partial charge in [-0.3, -0.25) is 0 Å². The molecule has 0 aromatic heterocycles. The molecular weight excluding hydrogens is 385 g/mol. The van der Waals surface area contributed by atoms with Crippen molar-refractivity contribution in [2.24, 2.45) is 0 Å². The molecule has 2 aromatic rings. The van der Waals surface area contributed by atoms with E-state index in [9.17, 15) is 17.6 Å². The number of rotatable bonds is 7. The summed E-state index contributed by atoms with van der Waals surface area (Å²) >= 11 is 0. The third-order valence-corrected chi connectivity index (χ3v) is 5.60. The van der Waals surface area contributed by atoms with Crippen LogP contribution in [0.2, 0.25) is 0 Å². The minimum Gasteiger partial charge on any atom is -0.492 e. The number of sulfonamides is 1. The minimum atomic E-state index is -4.22. The first kappa shape index (κ1) is 21.8. The standard InChI is InChI=1S/C20H24FNO5S/c1-13-6-5-7-15(20(2,3)4)18(13)27-11-10-22-28(25,26)17-12-14(19(23)24)8-9-16(17)21/h5-9,12,22H,10-11H2,1-4H3,(H,23,24). The number of benzene rings is 2. The molecule has 0 saturated carbocycles. The second kappa shape index (κ2) is 8.28. The van der Waals surface area contributed by atoms with Gasteiger partial charge in [-0.15, -0.1) is 0 Å². The largest absolute Gasteiger partial charge is 0.492 e. The average molecular weight is 409 g/mol. The normalized spacial score (nSPS) is 12.0. The first-order valence-electron chi connectivity index (χ1n) is 8.69. The van der Waals surface area contributed by atoms with Crippen LogP contribution >= 0.6 is 0 Å². The second-order valence-electron chi connectivity index (χ2n) is 7.40. The predicted molar refractivity (Wildman–Crippen MR) is 104 cm³/mol. The third kappa shape index (κ3) is 5.08. The Morgan fingerprint density at radius 2 is 1.89 bits per heavy atom. The first-order valence-corrected chi connectivity index (χ1v) is 10.2. The van der Waals surface area contributed by atoms with Crippen LogP contribution < -0.4 is 9.46 Å². The highest BCUT2D eigenvalue weighted by molar-refractivity contribution is 7.89. The summed E-state index contributed by atoms with van der Waals surface area (Å²) in [6, 6.07) is 8.41. The molecule has 2 rings (SSSR count). The van der Waals surface area contributed by atoms with E-state index < -0.39 is 26.7 Å². The van der Waals surface area contributed by atoms with Crippen LogP contribution in [0.5, 0.6) is 5.75 Å². The fourth-order valence-electron chi connectivity index (χ4n) is 2.68. The molecule has 2 N–H and O–H groups in total. The summed E-state index contributed by atoms with van der Waals surface area (Å²) in [5.74, 6) is -1.67. The quantitative estimate of drug-likeness (QED) is 0.683. The van der Waals surface area contributed by atoms with Gasteiger partial charge < -0.3 is 9.84 Å². The molecule has 0 heterocycles. The molecule has 0 fully saturated rings. The average Bonchev–Trinajstić information content (AvgIpc) is 2.58. The number of aryl methyl sites for hydroxylation is 1. The van der Waals surface area contributed by atoms with E-state index >= 15 is 0 Å². The van der Waals surface area contributed by atoms with Crippen LogP contribution in [0.25, 0.3) is 0 Å². The van der Waals surface area contributed by atoms with Crippen molar-refractivity contribution in [3.63, 3.8) is 0 Å². The lowest BCUT2D eigenvalue weighted by Crippen LogP contribution is -2.29. The van der Waals surface area contributed by atoms with Gasteiger partial charge in [-0.1, -0.05) is 39.0 Å². The van der Waals surface area contributed by atoms with Crippen molar-refractivity contribution in [3.8, 4) is 5.75 Å². The van der Waals surface area contributed by atoms with Crippen LogP contribution in [0.1, 0.15) is 42.3 Å². The fourth-order valence-corrected chi connectivity index (χ4v) is 3.80. The van der Waals surface area contributed by atoms with Crippen LogP contribution in [0.4, 0.5) is 4.39 Å². The lowest BCUT2D eigenvalue weighted by atomic mass is 9.85. The van der Waals surface area contributed by atoms with Gasteiger partial charge in [-0.05, 0) is 41.7 Å². The summed E-state index contributed by atoms with van der Waals surface area (Å²) in [4.78, 5) is 10.3. The molecule has 0 aliphatic heterocycles. The highest BCUT2D eigenvalue weighted by Gasteiger charge is 2.22. The van der Waals surface area contributed by atoms with Crippen molar-refractivity contribution < 1.29 is 27.4 Å². The molecule has 0 radical (unpaired) electrons. The lowest BCUT2D eigenvalue weighted by Gasteiger charge is -2.24. The van der Waals surface area contributed by atoms with Crippen LogP contribution in [0.15, 0.2) is 41.3 Å². The molecule has 0 atom stereocenters. The van der Waals surface area contributed by atoms with Gasteiger partial charge >= 0.3 is 5.97 Å². The fraction of sp³-hybridized carbons (Fsp3) is 0.350. The number of hydrogen-bond acceptors (Lipinski definition) is 4. The molecule has 0 spiro atoms. The van der Waals surface area contributed by atoms with Crippen LogP contribution in [-0.4, -0.2) is 32.6 Å². The Morgan fingerprint density at radius 3 is 2.50 bits per heavy atom. The lowest BCUT2D eigenvalue weighted by molar-refractivity contribution is 0.0696. The van der Waals surface area contributed by atoms with Gasteiger partial charge in [0, 0.05) is 6.54 Å². The molecule has 6 nitrogen and oxygen atoms in total. The Bertz CT molecular complexity index is 981. The number of ether oxygens (including phenoxy) is 1. The SMILES string of the molecule is Cc1cccc(C(C)(C)C)c1OCCNS(=O)(=O)c1cc(C(=O)O)ccc1F. The summed E-state index contributed by atoms with van der Waals surface area (Å²) in [5, 5.41) is 8.97. The number of aromatic carboxylic acids is 1. The molecule has 28 heavy (non-hydrogen) atoms. The van der Waals surface area contributed by atoms with Crippen molar-refractivity contribution in [3.05, 3.63) is 58.9 Å². The smallest absolute Gasteiger partial charge is 0.335 e. The van der Waals surface area contributed by atoms with E-state index in [0.29, 0.717) is 5.75 Å². The first-order chi connectivity index (χ1) is 12.9. The highest BCUT2D eigenvalue weighted by Crippen LogP contribution is 2.33. The van der Waals surface area contributed by atoms with Crippen molar-refractivity contribution in [2.45, 2.75) is 38.0 Å². The van der Waals surface area contributed by atoms with Gasteiger partial charge in [0.25, 0.3) is 0 Å². The zero-order chi connectivity index (χ0) is 21.1. The number of carbonyl (C=O) groups is 1. The molecule has 0 amide bonds. The number of hydrogen-bond donors (Lipinski definition) is 2. The van der Waals surface area contributed by atoms with Crippen molar-refractivity contribution in [2.75, 3.05) is 13.2 Å². The van der Waals surface area contributed by atoms with Gasteiger partial charge in [-0.25, -0.2) is 22.3 Å². The van der Waals surface area contributed by atoms with E-state index in [-0.39, 0.29) is 24.1 Å². The molecule has 0 bridgehead atoms. The van der Waals surface area contributed by atoms with E-state index in [2.05, 4.69) is 25.5 Å². The van der Waals surface area contributed by atoms with Crippen molar-refractivity contribution >= 4 is 16.0 Å². The zero-order valence-corrected chi connectivity index (χ0v) is 17.1. The van der Waals surface area contributed by atoms with Gasteiger partial charge in [0.05, 0.1) is 5.56 Å². The maximum atomic E-state index is 13.9. The summed E-state index contributed by atoms with van der Waals surface area (Å²) in [6.07, 6.45) is 0. The molecule has 0 aliphatic rings. The predicted octanol–water partition coefficient (Wildman–Crippen LogP) is 3.49. The Labute approximate surface area is 164 Å². The Kier molecular flexibility index (Phi) is 6.46. The molecule has 0 aliphatic carbocycles. The Hall–Kier alpha value is -2.45. The second-order valence-corrected chi connectivity index (χ2v) is 9.13. The number of nitrogens with one attached hydrogen (secondary N) is 1. The van der Waals surface area contributed by atoms with Gasteiger partial charge in [0.1, 0.15) is 23.1 Å². The van der Waals surface area contributed by atoms with Gasteiger partial charge in [0.2, 0.25) is 10.0 Å². The van der Waals surface area contributed by atoms with Crippen molar-refractivity contribution in [1.82, 2.24) is 4.72 Å². The summed E-state index contributed by atoms with van der Waals surface area (Å²) in [6.45, 7) is 7.99. The Morgan fingerprint density at radius 1 is 1.21 bits per heavy atom. The van der Waals surface area contributed by atoms with E-state index in [1.165, 1.54) is 0 Å². The summed E-state index contributed by atoms with van der Waals surface area (Å²) < 4.78 is 46.6. The third-order valence-electron chi connectivity index (χ3n) is 4.13. The molecular formula is C20H24FNO5S. The highest BCUT2D eigenvalue weighted by atomic mass is 32.2. The number of halogens is 1. The number of para-hydroxylation sites is 1. The van der Waals surface area contributed by atoms with E-state index in [4.69, 9.17) is 9.84 Å². The molecule has 8 heteroatoms. The van der Waals surface area contributed by atoms with E-state index in [0.717, 1.165) is 29.3 Å². The van der Waals surface area contributed by atoms with Crippen molar-refractivity contribution in [1.29, 1.82) is 0 Å². The molecule has 0 unspecified atom stereocenters.